The first-order valence-electron chi connectivity index (χ1n) is 8.26. The van der Waals surface area contributed by atoms with Crippen LogP contribution in [0.25, 0.3) is 0 Å². The number of carboxylic acids is 1. The maximum absolute atomic E-state index is 12.0. The van der Waals surface area contributed by atoms with E-state index in [0.29, 0.717) is 5.92 Å². The Morgan fingerprint density at radius 2 is 1.74 bits per heavy atom. The van der Waals surface area contributed by atoms with Crippen molar-refractivity contribution in [3.05, 3.63) is 12.2 Å². The average molecular weight is 324 g/mol. The van der Waals surface area contributed by atoms with E-state index in [0.717, 1.165) is 0 Å². The molecule has 0 aromatic heterocycles. The lowest BCUT2D eigenvalue weighted by atomic mass is 9.72. The van der Waals surface area contributed by atoms with Crippen molar-refractivity contribution in [2.45, 2.75) is 72.4 Å². The van der Waals surface area contributed by atoms with Gasteiger partial charge in [-0.05, 0) is 43.4 Å². The molecule has 1 atom stereocenters. The van der Waals surface area contributed by atoms with Crippen LogP contribution >= 0.6 is 0 Å². The van der Waals surface area contributed by atoms with Gasteiger partial charge in [0, 0.05) is 0 Å². The first-order chi connectivity index (χ1) is 10.3. The van der Waals surface area contributed by atoms with Gasteiger partial charge in [0.25, 0.3) is 0 Å². The minimum atomic E-state index is -1.07. The summed E-state index contributed by atoms with van der Waals surface area (Å²) in [6, 6.07) is -1.03. The summed E-state index contributed by atoms with van der Waals surface area (Å²) in [6.45, 7) is 12.9. The van der Waals surface area contributed by atoms with Crippen molar-refractivity contribution < 1.29 is 14.7 Å². The number of aliphatic carboxylic acids is 1. The molecule has 5 nitrogen and oxygen atoms in total. The molecule has 23 heavy (non-hydrogen) atoms. The van der Waals surface area contributed by atoms with Crippen LogP contribution in [-0.4, -0.2) is 28.6 Å². The minimum absolute atomic E-state index is 0.236. The van der Waals surface area contributed by atoms with Gasteiger partial charge in [-0.25, -0.2) is 0 Å². The van der Waals surface area contributed by atoms with Crippen molar-refractivity contribution in [3.8, 4) is 0 Å². The largest absolute Gasteiger partial charge is 0.481 e. The average Bonchev–Trinajstić information content (AvgIpc) is 2.55. The Bertz CT molecular complexity index is 476. The summed E-state index contributed by atoms with van der Waals surface area (Å²) in [6.07, 6.45) is 6.22. The molecule has 1 aliphatic rings. The van der Waals surface area contributed by atoms with Crippen LogP contribution in [0.2, 0.25) is 0 Å². The summed E-state index contributed by atoms with van der Waals surface area (Å²) in [5, 5.41) is 11.5. The molecule has 1 amide bonds. The van der Waals surface area contributed by atoms with Crippen LogP contribution in [0.5, 0.6) is 0 Å². The van der Waals surface area contributed by atoms with Gasteiger partial charge < -0.3 is 16.2 Å². The maximum atomic E-state index is 12.0. The van der Waals surface area contributed by atoms with Crippen molar-refractivity contribution in [2.24, 2.45) is 22.5 Å². The second-order valence-corrected chi connectivity index (χ2v) is 8.73. The smallest absolute Gasteiger partial charge is 0.305 e. The lowest BCUT2D eigenvalue weighted by Crippen LogP contribution is -2.50. The number of rotatable bonds is 6. The molecule has 0 radical (unpaired) electrons. The summed E-state index contributed by atoms with van der Waals surface area (Å²) in [5.74, 6) is -1.08. The Morgan fingerprint density at radius 3 is 2.17 bits per heavy atom. The van der Waals surface area contributed by atoms with Crippen molar-refractivity contribution in [2.75, 3.05) is 0 Å². The van der Waals surface area contributed by atoms with Crippen LogP contribution in [0.3, 0.4) is 0 Å². The molecule has 1 rings (SSSR count). The molecule has 1 saturated carbocycles. The summed E-state index contributed by atoms with van der Waals surface area (Å²) in [7, 11) is 0. The Kier molecular flexibility index (Phi) is 5.68. The second kappa shape index (κ2) is 6.63. The predicted molar refractivity (Wildman–Crippen MR) is 91.9 cm³/mol. The van der Waals surface area contributed by atoms with Gasteiger partial charge in [0.1, 0.15) is 0 Å². The fourth-order valence-corrected chi connectivity index (χ4v) is 3.60. The molecule has 0 aromatic rings. The predicted octanol–water partition coefficient (Wildman–Crippen LogP) is 2.70. The Morgan fingerprint density at radius 1 is 1.26 bits per heavy atom. The Hall–Kier alpha value is -1.36. The minimum Gasteiger partial charge on any atom is -0.481 e. The zero-order valence-electron chi connectivity index (χ0n) is 15.3. The molecule has 5 heteroatoms. The molecule has 0 aromatic carbocycles. The van der Waals surface area contributed by atoms with Crippen LogP contribution in [0.15, 0.2) is 12.2 Å². The molecule has 132 valence electrons. The molecule has 0 bridgehead atoms. The fourth-order valence-electron chi connectivity index (χ4n) is 3.60. The van der Waals surface area contributed by atoms with E-state index in [4.69, 9.17) is 10.8 Å². The van der Waals surface area contributed by atoms with E-state index in [2.05, 4.69) is 39.1 Å². The number of carbonyl (C=O) groups excluding carboxylic acids is 1. The third-order valence-electron chi connectivity index (χ3n) is 4.98. The number of hydrogen-bond acceptors (Lipinski definition) is 3. The van der Waals surface area contributed by atoms with Gasteiger partial charge in [0.15, 0.2) is 0 Å². The van der Waals surface area contributed by atoms with Crippen LogP contribution in [0.1, 0.15) is 60.8 Å². The molecular weight excluding hydrogens is 292 g/mol. The van der Waals surface area contributed by atoms with Gasteiger partial charge in [0.2, 0.25) is 5.91 Å². The summed E-state index contributed by atoms with van der Waals surface area (Å²) < 4.78 is 0. The van der Waals surface area contributed by atoms with E-state index in [-0.39, 0.29) is 17.3 Å². The van der Waals surface area contributed by atoms with E-state index in [1.165, 1.54) is 12.8 Å². The molecule has 0 heterocycles. The summed E-state index contributed by atoms with van der Waals surface area (Å²) in [5.41, 5.74) is 5.52. The highest BCUT2D eigenvalue weighted by molar-refractivity contribution is 5.86. The van der Waals surface area contributed by atoms with Gasteiger partial charge in [0.05, 0.1) is 18.0 Å². The van der Waals surface area contributed by atoms with Gasteiger partial charge >= 0.3 is 5.97 Å². The third kappa shape index (κ3) is 5.34. The van der Waals surface area contributed by atoms with E-state index in [1.54, 1.807) is 0 Å². The monoisotopic (exact) mass is 324 g/mol. The van der Waals surface area contributed by atoms with Crippen molar-refractivity contribution in [1.82, 2.24) is 5.32 Å². The number of hydrogen-bond donors (Lipinski definition) is 3. The molecule has 1 fully saturated rings. The quantitative estimate of drug-likeness (QED) is 0.655. The number of nitrogens with one attached hydrogen (secondary N) is 1. The molecule has 1 aliphatic carbocycles. The van der Waals surface area contributed by atoms with E-state index in [1.807, 2.05) is 19.9 Å². The van der Waals surface area contributed by atoms with E-state index in [9.17, 15) is 9.59 Å². The Labute approximate surface area is 139 Å². The first kappa shape index (κ1) is 19.7. The van der Waals surface area contributed by atoms with Gasteiger partial charge in [-0.1, -0.05) is 39.8 Å². The van der Waals surface area contributed by atoms with E-state index < -0.39 is 23.5 Å². The molecule has 4 N–H and O–H groups in total. The number of amides is 1. The highest BCUT2D eigenvalue weighted by Crippen LogP contribution is 2.54. The lowest BCUT2D eigenvalue weighted by Gasteiger charge is -2.34. The van der Waals surface area contributed by atoms with Crippen molar-refractivity contribution in [1.29, 1.82) is 0 Å². The fraction of sp³-hybridized carbons (Fsp3) is 0.778. The molecular formula is C18H32N2O3. The third-order valence-corrected chi connectivity index (χ3v) is 4.98. The standard InChI is InChI=1S/C18H32N2O3/c1-16(2)9-10-17(3,4)13(16)7-8-18(5,6)20-15(23)12(19)11-14(21)22/h7-8,12-13H,9-11,19H2,1-6H3,(H,20,23)(H,21,22)/t12-/m0/s1. The Balaban J connectivity index is 2.77. The van der Waals surface area contributed by atoms with Crippen molar-refractivity contribution >= 4 is 11.9 Å². The highest BCUT2D eigenvalue weighted by atomic mass is 16.4. The number of nitrogens with two attached hydrogens (primary N) is 1. The zero-order valence-corrected chi connectivity index (χ0v) is 15.3. The number of carboxylic acid groups (broad SMARTS) is 1. The topological polar surface area (TPSA) is 92.4 Å². The first-order valence-corrected chi connectivity index (χ1v) is 8.26. The molecule has 0 spiro atoms. The van der Waals surface area contributed by atoms with Crippen LogP contribution in [0, 0.1) is 16.7 Å². The van der Waals surface area contributed by atoms with Crippen LogP contribution < -0.4 is 11.1 Å². The van der Waals surface area contributed by atoms with Crippen molar-refractivity contribution in [3.63, 3.8) is 0 Å². The SMILES string of the molecule is CC(C)(C=CC1C(C)(C)CCC1(C)C)NC(=O)[C@@H](N)CC(=O)O. The van der Waals surface area contributed by atoms with E-state index >= 15 is 0 Å². The summed E-state index contributed by atoms with van der Waals surface area (Å²) >= 11 is 0. The van der Waals surface area contributed by atoms with Gasteiger partial charge in [-0.2, -0.15) is 0 Å². The number of allylic oxidation sites excluding steroid dienone is 1. The van der Waals surface area contributed by atoms with Gasteiger partial charge in [-0.15, -0.1) is 0 Å². The normalized spacial score (nSPS) is 22.2. The second-order valence-electron chi connectivity index (χ2n) is 8.73. The molecule has 0 aliphatic heterocycles. The lowest BCUT2D eigenvalue weighted by molar-refractivity contribution is -0.139. The molecule has 0 saturated heterocycles. The van der Waals surface area contributed by atoms with Crippen LogP contribution in [-0.2, 0) is 9.59 Å². The maximum Gasteiger partial charge on any atom is 0.305 e. The summed E-state index contributed by atoms with van der Waals surface area (Å²) in [4.78, 5) is 22.7. The highest BCUT2D eigenvalue weighted by Gasteiger charge is 2.45. The zero-order chi connectivity index (χ0) is 18.1. The van der Waals surface area contributed by atoms with Gasteiger partial charge in [-0.3, -0.25) is 9.59 Å². The number of carbonyl (C=O) groups is 2. The van der Waals surface area contributed by atoms with Crippen LogP contribution in [0.4, 0.5) is 0 Å². The molecule has 0 unspecified atom stereocenters.